The van der Waals surface area contributed by atoms with Gasteiger partial charge in [0, 0.05) is 32.7 Å². The molecule has 0 atom stereocenters. The third-order valence-electron chi connectivity index (χ3n) is 2.84. The second-order valence-corrected chi connectivity index (χ2v) is 4.15. The molecule has 0 aromatic carbocycles. The van der Waals surface area contributed by atoms with Crippen molar-refractivity contribution in [3.05, 3.63) is 23.5 Å². The summed E-state index contributed by atoms with van der Waals surface area (Å²) >= 11 is 0. The Labute approximate surface area is 95.1 Å². The van der Waals surface area contributed by atoms with E-state index in [1.165, 1.54) is 0 Å². The number of likely N-dealkylation sites (N-methyl/N-ethyl adjacent to an activating group) is 1. The summed E-state index contributed by atoms with van der Waals surface area (Å²) < 4.78 is 0. The van der Waals surface area contributed by atoms with Gasteiger partial charge in [0.2, 0.25) is 0 Å². The van der Waals surface area contributed by atoms with Gasteiger partial charge in [-0.2, -0.15) is 5.10 Å². The molecule has 16 heavy (non-hydrogen) atoms. The van der Waals surface area contributed by atoms with E-state index >= 15 is 0 Å². The molecule has 0 bridgehead atoms. The van der Waals surface area contributed by atoms with Crippen LogP contribution in [0.4, 0.5) is 0 Å². The Balaban J connectivity index is 1.91. The Bertz CT molecular complexity index is 344. The van der Waals surface area contributed by atoms with E-state index in [2.05, 4.69) is 27.0 Å². The Hall–Kier alpha value is -1.33. The number of hydrogen-bond donors (Lipinski definition) is 0. The maximum atomic E-state index is 10.4. The predicted molar refractivity (Wildman–Crippen MR) is 60.2 cm³/mol. The second-order valence-electron chi connectivity index (χ2n) is 4.15. The molecule has 1 aromatic heterocycles. The van der Waals surface area contributed by atoms with Gasteiger partial charge in [-0.1, -0.05) is 0 Å². The van der Waals surface area contributed by atoms with Crippen LogP contribution in [0.2, 0.25) is 0 Å². The van der Waals surface area contributed by atoms with Crippen molar-refractivity contribution in [3.8, 4) is 0 Å². The van der Waals surface area contributed by atoms with Crippen molar-refractivity contribution in [2.24, 2.45) is 0 Å². The van der Waals surface area contributed by atoms with Gasteiger partial charge in [0.25, 0.3) is 0 Å². The monoisotopic (exact) mass is 220 g/mol. The van der Waals surface area contributed by atoms with Crippen LogP contribution in [0.25, 0.3) is 0 Å². The van der Waals surface area contributed by atoms with Gasteiger partial charge < -0.3 is 4.90 Å². The average molecular weight is 220 g/mol. The molecule has 5 nitrogen and oxygen atoms in total. The molecule has 5 heteroatoms. The highest BCUT2D eigenvalue weighted by atomic mass is 16.1. The number of aromatic nitrogens is 2. The quantitative estimate of drug-likeness (QED) is 0.673. The molecule has 0 spiro atoms. The van der Waals surface area contributed by atoms with Crippen LogP contribution < -0.4 is 0 Å². The van der Waals surface area contributed by atoms with Crippen molar-refractivity contribution in [3.63, 3.8) is 0 Å². The van der Waals surface area contributed by atoms with Gasteiger partial charge in [0.15, 0.2) is 6.29 Å². The van der Waals surface area contributed by atoms with Gasteiger partial charge in [0.1, 0.15) is 5.69 Å². The molecule has 0 unspecified atom stereocenters. The largest absolute Gasteiger partial charge is 0.304 e. The molecule has 0 amide bonds. The molecule has 2 heterocycles. The zero-order chi connectivity index (χ0) is 11.4. The Kier molecular flexibility index (Phi) is 3.58. The minimum absolute atomic E-state index is 0.391. The predicted octanol–water partition coefficient (Wildman–Crippen LogP) is 0.0365. The average Bonchev–Trinajstić information content (AvgIpc) is 2.33. The first-order valence-corrected chi connectivity index (χ1v) is 5.46. The molecule has 0 N–H and O–H groups in total. The van der Waals surface area contributed by atoms with E-state index < -0.39 is 0 Å². The fourth-order valence-corrected chi connectivity index (χ4v) is 1.75. The summed E-state index contributed by atoms with van der Waals surface area (Å²) in [5.74, 6) is 0. The third-order valence-corrected chi connectivity index (χ3v) is 2.84. The van der Waals surface area contributed by atoms with E-state index in [-0.39, 0.29) is 0 Å². The highest BCUT2D eigenvalue weighted by Gasteiger charge is 2.14. The fourth-order valence-electron chi connectivity index (χ4n) is 1.75. The van der Waals surface area contributed by atoms with Crippen molar-refractivity contribution in [2.75, 3.05) is 33.2 Å². The Morgan fingerprint density at radius 1 is 1.25 bits per heavy atom. The topological polar surface area (TPSA) is 49.3 Å². The smallest absolute Gasteiger partial charge is 0.170 e. The van der Waals surface area contributed by atoms with Gasteiger partial charge in [-0.3, -0.25) is 9.69 Å². The first-order valence-electron chi connectivity index (χ1n) is 5.46. The lowest BCUT2D eigenvalue weighted by atomic mass is 10.3. The van der Waals surface area contributed by atoms with Crippen LogP contribution >= 0.6 is 0 Å². The lowest BCUT2D eigenvalue weighted by Gasteiger charge is -2.31. The molecular weight excluding hydrogens is 204 g/mol. The van der Waals surface area contributed by atoms with Crippen LogP contribution in [0.5, 0.6) is 0 Å². The van der Waals surface area contributed by atoms with Gasteiger partial charge >= 0.3 is 0 Å². The molecule has 1 aromatic rings. The number of hydrogen-bond acceptors (Lipinski definition) is 5. The van der Waals surface area contributed by atoms with Gasteiger partial charge in [-0.25, -0.2) is 0 Å². The minimum Gasteiger partial charge on any atom is -0.304 e. The maximum Gasteiger partial charge on any atom is 0.170 e. The maximum absolute atomic E-state index is 10.4. The zero-order valence-corrected chi connectivity index (χ0v) is 9.46. The summed E-state index contributed by atoms with van der Waals surface area (Å²) in [4.78, 5) is 15.1. The van der Waals surface area contributed by atoms with Crippen LogP contribution in [-0.2, 0) is 6.54 Å². The van der Waals surface area contributed by atoms with Crippen LogP contribution in [0.15, 0.2) is 12.1 Å². The lowest BCUT2D eigenvalue weighted by Crippen LogP contribution is -2.44. The molecule has 1 aliphatic rings. The fraction of sp³-hybridized carbons (Fsp3) is 0.545. The summed E-state index contributed by atoms with van der Waals surface area (Å²) in [5.41, 5.74) is 1.32. The Morgan fingerprint density at radius 2 is 2.00 bits per heavy atom. The van der Waals surface area contributed by atoms with Gasteiger partial charge in [-0.15, -0.1) is 5.10 Å². The summed E-state index contributed by atoms with van der Waals surface area (Å²) in [6.45, 7) is 5.14. The molecule has 2 rings (SSSR count). The van der Waals surface area contributed by atoms with Crippen LogP contribution in [0.1, 0.15) is 16.2 Å². The van der Waals surface area contributed by atoms with E-state index in [4.69, 9.17) is 0 Å². The molecular formula is C11H16N4O. The normalized spacial score (nSPS) is 18.6. The summed E-state index contributed by atoms with van der Waals surface area (Å²) in [6, 6.07) is 3.58. The second kappa shape index (κ2) is 5.14. The summed E-state index contributed by atoms with van der Waals surface area (Å²) in [6.07, 6.45) is 0.715. The number of carbonyl (C=O) groups is 1. The first kappa shape index (κ1) is 11.2. The number of rotatable bonds is 3. The SMILES string of the molecule is CN1CCN(Cc2ccc(C=O)nn2)CC1. The molecule has 0 radical (unpaired) electrons. The van der Waals surface area contributed by atoms with Crippen LogP contribution in [0.3, 0.4) is 0 Å². The van der Waals surface area contributed by atoms with E-state index in [1.807, 2.05) is 6.07 Å². The van der Waals surface area contributed by atoms with Crippen molar-refractivity contribution >= 4 is 6.29 Å². The van der Waals surface area contributed by atoms with E-state index in [1.54, 1.807) is 6.07 Å². The molecule has 0 saturated carbocycles. The highest BCUT2D eigenvalue weighted by molar-refractivity contribution is 5.71. The lowest BCUT2D eigenvalue weighted by molar-refractivity contribution is 0.111. The first-order chi connectivity index (χ1) is 7.78. The molecule has 86 valence electrons. The molecule has 1 fully saturated rings. The standard InChI is InChI=1S/C11H16N4O/c1-14-4-6-15(7-5-14)8-10-2-3-11(9-16)13-12-10/h2-3,9H,4-8H2,1H3. The van der Waals surface area contributed by atoms with E-state index in [0.717, 1.165) is 38.4 Å². The van der Waals surface area contributed by atoms with Crippen molar-refractivity contribution in [1.82, 2.24) is 20.0 Å². The minimum atomic E-state index is 0.391. The highest BCUT2D eigenvalue weighted by Crippen LogP contribution is 2.04. The van der Waals surface area contributed by atoms with Crippen molar-refractivity contribution in [1.29, 1.82) is 0 Å². The van der Waals surface area contributed by atoms with Crippen LogP contribution in [0, 0.1) is 0 Å². The summed E-state index contributed by atoms with van der Waals surface area (Å²) in [5, 5.41) is 7.85. The number of aldehydes is 1. The van der Waals surface area contributed by atoms with E-state index in [0.29, 0.717) is 12.0 Å². The number of piperazine rings is 1. The van der Waals surface area contributed by atoms with Crippen molar-refractivity contribution < 1.29 is 4.79 Å². The molecule has 1 aliphatic heterocycles. The third kappa shape index (κ3) is 2.84. The zero-order valence-electron chi connectivity index (χ0n) is 9.46. The van der Waals surface area contributed by atoms with Crippen molar-refractivity contribution in [2.45, 2.75) is 6.54 Å². The molecule has 1 saturated heterocycles. The van der Waals surface area contributed by atoms with Crippen LogP contribution in [-0.4, -0.2) is 59.5 Å². The number of carbonyl (C=O) groups excluding carboxylic acids is 1. The number of nitrogens with zero attached hydrogens (tertiary/aromatic N) is 4. The Morgan fingerprint density at radius 3 is 2.56 bits per heavy atom. The van der Waals surface area contributed by atoms with Gasteiger partial charge in [-0.05, 0) is 19.2 Å². The van der Waals surface area contributed by atoms with Gasteiger partial charge in [0.05, 0.1) is 5.69 Å². The molecule has 0 aliphatic carbocycles. The summed E-state index contributed by atoms with van der Waals surface area (Å²) in [7, 11) is 2.13. The van der Waals surface area contributed by atoms with E-state index in [9.17, 15) is 4.79 Å².